The minimum Gasteiger partial charge on any atom is -0.497 e. The maximum Gasteiger partial charge on any atom is 0.238 e. The number of likely N-dealkylation sites (tertiary alicyclic amines) is 1. The van der Waals surface area contributed by atoms with Gasteiger partial charge in [0.1, 0.15) is 17.3 Å². The zero-order valence-electron chi connectivity index (χ0n) is 15.0. The third-order valence-corrected chi connectivity index (χ3v) is 4.65. The molecule has 1 fully saturated rings. The van der Waals surface area contributed by atoms with E-state index in [0.717, 1.165) is 24.9 Å². The number of hydrogen-bond donors (Lipinski definition) is 1. The highest BCUT2D eigenvalue weighted by molar-refractivity contribution is 5.93. The molecule has 1 heterocycles. The Labute approximate surface area is 152 Å². The van der Waals surface area contributed by atoms with Crippen molar-refractivity contribution in [2.45, 2.75) is 18.9 Å². The second kappa shape index (κ2) is 8.19. The lowest BCUT2D eigenvalue weighted by Gasteiger charge is -2.24. The van der Waals surface area contributed by atoms with Crippen LogP contribution in [0, 0.1) is 5.82 Å². The van der Waals surface area contributed by atoms with Crippen LogP contribution in [0.2, 0.25) is 0 Å². The second-order valence-electron chi connectivity index (χ2n) is 6.29. The predicted molar refractivity (Wildman–Crippen MR) is 98.1 cm³/mol. The Hall–Kier alpha value is -2.60. The Balaban J connectivity index is 1.66. The monoisotopic (exact) mass is 358 g/mol. The number of halogens is 1. The van der Waals surface area contributed by atoms with Gasteiger partial charge in [0, 0.05) is 12.1 Å². The van der Waals surface area contributed by atoms with Crippen LogP contribution in [0.15, 0.2) is 42.5 Å². The minimum absolute atomic E-state index is 0.109. The lowest BCUT2D eigenvalue weighted by molar-refractivity contribution is -0.117. The number of amides is 1. The van der Waals surface area contributed by atoms with Gasteiger partial charge in [0.05, 0.1) is 26.5 Å². The van der Waals surface area contributed by atoms with Crippen molar-refractivity contribution < 1.29 is 18.7 Å². The molecule has 2 aromatic carbocycles. The van der Waals surface area contributed by atoms with Crippen LogP contribution in [0.25, 0.3) is 0 Å². The molecule has 0 spiro atoms. The topological polar surface area (TPSA) is 50.8 Å². The highest BCUT2D eigenvalue weighted by atomic mass is 19.1. The van der Waals surface area contributed by atoms with E-state index >= 15 is 0 Å². The molecular formula is C20H23FN2O3. The number of nitrogens with one attached hydrogen (secondary N) is 1. The summed E-state index contributed by atoms with van der Waals surface area (Å²) in [6.45, 7) is 1.12. The molecule has 6 heteroatoms. The third kappa shape index (κ3) is 4.14. The number of methoxy groups -OCH3 is 2. The van der Waals surface area contributed by atoms with Gasteiger partial charge in [0.15, 0.2) is 0 Å². The van der Waals surface area contributed by atoms with Crippen molar-refractivity contribution in [3.05, 3.63) is 53.8 Å². The predicted octanol–water partition coefficient (Wildman–Crippen LogP) is 3.62. The smallest absolute Gasteiger partial charge is 0.238 e. The maximum atomic E-state index is 13.2. The molecule has 26 heavy (non-hydrogen) atoms. The second-order valence-corrected chi connectivity index (χ2v) is 6.29. The van der Waals surface area contributed by atoms with Gasteiger partial charge in [-0.05, 0) is 49.2 Å². The summed E-state index contributed by atoms with van der Waals surface area (Å²) >= 11 is 0. The van der Waals surface area contributed by atoms with Crippen LogP contribution in [0.3, 0.4) is 0 Å². The maximum absolute atomic E-state index is 13.2. The summed E-state index contributed by atoms with van der Waals surface area (Å²) in [6.07, 6.45) is 1.98. The van der Waals surface area contributed by atoms with E-state index in [2.05, 4.69) is 10.2 Å². The molecule has 3 rings (SSSR count). The highest BCUT2D eigenvalue weighted by Crippen LogP contribution is 2.32. The van der Waals surface area contributed by atoms with Crippen LogP contribution in [0.4, 0.5) is 10.1 Å². The lowest BCUT2D eigenvalue weighted by atomic mass is 10.0. The van der Waals surface area contributed by atoms with Crippen LogP contribution in [0.5, 0.6) is 11.5 Å². The van der Waals surface area contributed by atoms with Crippen molar-refractivity contribution in [3.63, 3.8) is 0 Å². The number of nitrogens with zero attached hydrogens (tertiary/aromatic N) is 1. The molecule has 0 bridgehead atoms. The summed E-state index contributed by atoms with van der Waals surface area (Å²) in [6, 6.07) is 11.9. The zero-order chi connectivity index (χ0) is 18.5. The van der Waals surface area contributed by atoms with Crippen molar-refractivity contribution in [1.82, 2.24) is 4.90 Å². The largest absolute Gasteiger partial charge is 0.497 e. The normalized spacial score (nSPS) is 17.1. The molecule has 0 radical (unpaired) electrons. The average Bonchev–Trinajstić information content (AvgIpc) is 3.10. The number of hydrogen-bond acceptors (Lipinski definition) is 4. The number of anilines is 1. The number of carbonyl (C=O) groups is 1. The summed E-state index contributed by atoms with van der Waals surface area (Å²) in [5.74, 6) is 0.857. The summed E-state index contributed by atoms with van der Waals surface area (Å²) in [4.78, 5) is 14.6. The van der Waals surface area contributed by atoms with Crippen molar-refractivity contribution in [1.29, 1.82) is 0 Å². The Kier molecular flexibility index (Phi) is 5.73. The van der Waals surface area contributed by atoms with Crippen LogP contribution in [0.1, 0.15) is 24.4 Å². The summed E-state index contributed by atoms with van der Waals surface area (Å²) in [5.41, 5.74) is 1.65. The number of carbonyl (C=O) groups excluding carboxylic acids is 1. The van der Waals surface area contributed by atoms with Crippen molar-refractivity contribution in [2.24, 2.45) is 0 Å². The van der Waals surface area contributed by atoms with E-state index in [1.54, 1.807) is 44.6 Å². The molecule has 1 N–H and O–H groups in total. The molecule has 1 atom stereocenters. The van der Waals surface area contributed by atoms with E-state index in [4.69, 9.17) is 9.47 Å². The first kappa shape index (κ1) is 18.2. The quantitative estimate of drug-likeness (QED) is 0.857. The molecule has 5 nitrogen and oxygen atoms in total. The SMILES string of the molecule is COc1ccc(NC(=O)CN2CCCC2c2ccc(F)cc2)c(OC)c1. The van der Waals surface area contributed by atoms with Gasteiger partial charge in [-0.15, -0.1) is 0 Å². The fraction of sp³-hybridized carbons (Fsp3) is 0.350. The molecule has 1 saturated heterocycles. The van der Waals surface area contributed by atoms with Gasteiger partial charge in [0.2, 0.25) is 5.91 Å². The standard InChI is InChI=1S/C20H23FN2O3/c1-25-16-9-10-17(19(12-16)26-2)22-20(24)13-23-11-3-4-18(23)14-5-7-15(21)8-6-14/h5-10,12,18H,3-4,11,13H2,1-2H3,(H,22,24). The minimum atomic E-state index is -0.248. The number of benzene rings is 2. The Morgan fingerprint density at radius 3 is 2.65 bits per heavy atom. The van der Waals surface area contributed by atoms with Gasteiger partial charge >= 0.3 is 0 Å². The van der Waals surface area contributed by atoms with Crippen molar-refractivity contribution in [2.75, 3.05) is 32.6 Å². The molecule has 138 valence electrons. The molecular weight excluding hydrogens is 335 g/mol. The van der Waals surface area contributed by atoms with Gasteiger partial charge in [-0.3, -0.25) is 9.69 Å². The van der Waals surface area contributed by atoms with Gasteiger partial charge in [-0.25, -0.2) is 4.39 Å². The lowest BCUT2D eigenvalue weighted by Crippen LogP contribution is -2.33. The molecule has 0 aliphatic carbocycles. The first-order valence-electron chi connectivity index (χ1n) is 8.62. The summed E-state index contributed by atoms with van der Waals surface area (Å²) < 4.78 is 23.6. The molecule has 0 aromatic heterocycles. The van der Waals surface area contributed by atoms with E-state index in [1.807, 2.05) is 0 Å². The average molecular weight is 358 g/mol. The Morgan fingerprint density at radius 1 is 1.19 bits per heavy atom. The fourth-order valence-corrected chi connectivity index (χ4v) is 3.35. The van der Waals surface area contributed by atoms with E-state index < -0.39 is 0 Å². The molecule has 1 unspecified atom stereocenters. The molecule has 0 saturated carbocycles. The molecule has 1 aliphatic rings. The highest BCUT2D eigenvalue weighted by Gasteiger charge is 2.27. The Bertz CT molecular complexity index is 764. The van der Waals surface area contributed by atoms with Crippen molar-refractivity contribution >= 4 is 11.6 Å². The van der Waals surface area contributed by atoms with Crippen LogP contribution in [-0.4, -0.2) is 38.1 Å². The molecule has 1 aliphatic heterocycles. The van der Waals surface area contributed by atoms with Gasteiger partial charge in [-0.2, -0.15) is 0 Å². The first-order valence-corrected chi connectivity index (χ1v) is 8.62. The van der Waals surface area contributed by atoms with E-state index in [9.17, 15) is 9.18 Å². The van der Waals surface area contributed by atoms with Crippen LogP contribution >= 0.6 is 0 Å². The van der Waals surface area contributed by atoms with Crippen molar-refractivity contribution in [3.8, 4) is 11.5 Å². The van der Waals surface area contributed by atoms with Crippen LogP contribution in [-0.2, 0) is 4.79 Å². The van der Waals surface area contributed by atoms with E-state index in [1.165, 1.54) is 12.1 Å². The summed E-state index contributed by atoms with van der Waals surface area (Å²) in [5, 5.41) is 2.90. The molecule has 2 aromatic rings. The molecule has 1 amide bonds. The van der Waals surface area contributed by atoms with Crippen LogP contribution < -0.4 is 14.8 Å². The van der Waals surface area contributed by atoms with Gasteiger partial charge in [-0.1, -0.05) is 12.1 Å². The summed E-state index contributed by atoms with van der Waals surface area (Å²) in [7, 11) is 3.13. The van der Waals surface area contributed by atoms with E-state index in [0.29, 0.717) is 17.2 Å². The van der Waals surface area contributed by atoms with Gasteiger partial charge in [0.25, 0.3) is 0 Å². The first-order chi connectivity index (χ1) is 12.6. The van der Waals surface area contributed by atoms with Gasteiger partial charge < -0.3 is 14.8 Å². The fourth-order valence-electron chi connectivity index (χ4n) is 3.35. The van der Waals surface area contributed by atoms with E-state index in [-0.39, 0.29) is 24.3 Å². The zero-order valence-corrected chi connectivity index (χ0v) is 15.0. The Morgan fingerprint density at radius 2 is 1.96 bits per heavy atom. The third-order valence-electron chi connectivity index (χ3n) is 4.65. The number of rotatable bonds is 6. The number of ether oxygens (including phenoxy) is 2.